The SMILES string of the molecule is COc1ccc(S(=O)(=O)N(CC(F)(F)F)c2cnc(N(CC(=O)O)S(=O)(=O)c3ccc(OC)cc3)c3ccccc23)cc1. The highest BCUT2D eigenvalue weighted by Crippen LogP contribution is 2.38. The number of benzene rings is 3. The summed E-state index contributed by atoms with van der Waals surface area (Å²) in [6.07, 6.45) is -4.23. The summed E-state index contributed by atoms with van der Waals surface area (Å²) in [5.74, 6) is -1.38. The number of carboxylic acids is 1. The maximum atomic E-state index is 13.8. The molecule has 0 atom stereocenters. The van der Waals surface area contributed by atoms with Gasteiger partial charge in [-0.2, -0.15) is 13.2 Å². The third kappa shape index (κ3) is 6.59. The van der Waals surface area contributed by atoms with Crippen LogP contribution in [0.1, 0.15) is 0 Å². The number of methoxy groups -OCH3 is 2. The maximum Gasteiger partial charge on any atom is 0.407 e. The van der Waals surface area contributed by atoms with Gasteiger partial charge in [0.2, 0.25) is 0 Å². The molecule has 4 aromatic rings. The number of carbonyl (C=O) groups is 1. The van der Waals surface area contributed by atoms with Crippen molar-refractivity contribution in [3.63, 3.8) is 0 Å². The number of anilines is 2. The predicted octanol–water partition coefficient (Wildman–Crippen LogP) is 4.29. The normalized spacial score (nSPS) is 12.1. The highest BCUT2D eigenvalue weighted by Gasteiger charge is 2.39. The van der Waals surface area contributed by atoms with Gasteiger partial charge < -0.3 is 14.6 Å². The van der Waals surface area contributed by atoms with Gasteiger partial charge in [-0.05, 0) is 48.5 Å². The van der Waals surface area contributed by atoms with E-state index in [1.807, 2.05) is 0 Å². The van der Waals surface area contributed by atoms with Gasteiger partial charge in [-0.3, -0.25) is 9.10 Å². The number of fused-ring (bicyclic) bond motifs is 1. The van der Waals surface area contributed by atoms with Gasteiger partial charge in [0.15, 0.2) is 5.82 Å². The van der Waals surface area contributed by atoms with E-state index < -0.39 is 61.7 Å². The highest BCUT2D eigenvalue weighted by molar-refractivity contribution is 7.93. The summed E-state index contributed by atoms with van der Waals surface area (Å²) < 4.78 is 106. The Kier molecular flexibility index (Phi) is 8.73. The van der Waals surface area contributed by atoms with Gasteiger partial charge in [-0.25, -0.2) is 26.1 Å². The minimum atomic E-state index is -4.99. The number of nitrogens with zero attached hydrogens (tertiary/aromatic N) is 3. The Bertz CT molecular complexity index is 1850. The van der Waals surface area contributed by atoms with E-state index in [2.05, 4.69) is 4.98 Å². The molecule has 0 saturated heterocycles. The van der Waals surface area contributed by atoms with Crippen molar-refractivity contribution in [2.75, 3.05) is 35.9 Å². The Morgan fingerprint density at radius 3 is 1.70 bits per heavy atom. The number of pyridine rings is 1. The second kappa shape index (κ2) is 12.0. The van der Waals surface area contributed by atoms with Crippen LogP contribution in [0.4, 0.5) is 24.7 Å². The van der Waals surface area contributed by atoms with Crippen molar-refractivity contribution in [3.05, 3.63) is 79.0 Å². The molecule has 0 unspecified atom stereocenters. The van der Waals surface area contributed by atoms with E-state index in [4.69, 9.17) is 9.47 Å². The number of carboxylic acid groups (broad SMARTS) is 1. The molecule has 0 fully saturated rings. The van der Waals surface area contributed by atoms with E-state index >= 15 is 0 Å². The van der Waals surface area contributed by atoms with Crippen molar-refractivity contribution in [1.29, 1.82) is 0 Å². The van der Waals surface area contributed by atoms with Crippen LogP contribution >= 0.6 is 0 Å². The summed E-state index contributed by atoms with van der Waals surface area (Å²) in [5, 5.41) is 9.33. The van der Waals surface area contributed by atoms with Crippen molar-refractivity contribution in [2.45, 2.75) is 16.0 Å². The summed E-state index contributed by atoms with van der Waals surface area (Å²) in [7, 11) is -6.74. The molecule has 0 aliphatic carbocycles. The first-order valence-electron chi connectivity index (χ1n) is 12.2. The Hall–Kier alpha value is -4.57. The number of aliphatic carboxylic acids is 1. The number of ether oxygens (including phenoxy) is 2. The first-order valence-corrected chi connectivity index (χ1v) is 15.1. The number of hydrogen-bond acceptors (Lipinski definition) is 8. The van der Waals surface area contributed by atoms with E-state index in [1.54, 1.807) is 0 Å². The number of alkyl halides is 3. The Balaban J connectivity index is 1.94. The lowest BCUT2D eigenvalue weighted by atomic mass is 10.1. The molecular weight excluding hydrogens is 615 g/mol. The zero-order chi connectivity index (χ0) is 31.6. The van der Waals surface area contributed by atoms with Gasteiger partial charge in [0.05, 0.1) is 35.9 Å². The molecule has 16 heteroatoms. The summed E-state index contributed by atoms with van der Waals surface area (Å²) in [5.41, 5.74) is -0.510. The average molecular weight is 640 g/mol. The first kappa shape index (κ1) is 31.4. The summed E-state index contributed by atoms with van der Waals surface area (Å²) in [4.78, 5) is 15.0. The highest BCUT2D eigenvalue weighted by atomic mass is 32.2. The monoisotopic (exact) mass is 639 g/mol. The second-order valence-corrected chi connectivity index (χ2v) is 12.6. The van der Waals surface area contributed by atoms with Gasteiger partial charge in [0.25, 0.3) is 20.0 Å². The number of rotatable bonds is 11. The number of aromatic nitrogens is 1. The average Bonchev–Trinajstić information content (AvgIpc) is 2.97. The van der Waals surface area contributed by atoms with Crippen LogP contribution in [-0.2, 0) is 24.8 Å². The van der Waals surface area contributed by atoms with Crippen LogP contribution in [0.3, 0.4) is 0 Å². The third-order valence-electron chi connectivity index (χ3n) is 6.15. The minimum Gasteiger partial charge on any atom is -0.497 e. The molecule has 0 bridgehead atoms. The minimum absolute atomic E-state index is 0.115. The molecule has 43 heavy (non-hydrogen) atoms. The van der Waals surface area contributed by atoms with E-state index in [1.165, 1.54) is 74.9 Å². The Morgan fingerprint density at radius 2 is 1.26 bits per heavy atom. The van der Waals surface area contributed by atoms with E-state index in [0.29, 0.717) is 10.1 Å². The molecule has 0 radical (unpaired) electrons. The van der Waals surface area contributed by atoms with Gasteiger partial charge in [0, 0.05) is 10.8 Å². The number of halogens is 3. The summed E-state index contributed by atoms with van der Waals surface area (Å²) in [6, 6.07) is 15.2. The molecule has 11 nitrogen and oxygen atoms in total. The first-order chi connectivity index (χ1) is 20.2. The number of hydrogen-bond donors (Lipinski definition) is 1. The molecule has 228 valence electrons. The van der Waals surface area contributed by atoms with Crippen LogP contribution < -0.4 is 18.1 Å². The molecule has 4 rings (SSSR count). The van der Waals surface area contributed by atoms with Crippen molar-refractivity contribution >= 4 is 48.3 Å². The van der Waals surface area contributed by atoms with Gasteiger partial charge >= 0.3 is 12.1 Å². The standard InChI is InChI=1S/C27H24F3N3O8S2/c1-40-18-7-11-20(12-8-18)42(36,37)32(16-25(34)35)26-23-6-4-3-5-22(23)24(15-31-26)33(17-27(28,29)30)43(38,39)21-13-9-19(41-2)10-14-21/h3-15H,16-17H2,1-2H3,(H,34,35). The zero-order valence-corrected chi connectivity index (χ0v) is 24.1. The van der Waals surface area contributed by atoms with Crippen LogP contribution in [-0.4, -0.2) is 66.4 Å². The molecule has 1 aromatic heterocycles. The van der Waals surface area contributed by atoms with Crippen molar-refractivity contribution in [1.82, 2.24) is 4.98 Å². The predicted molar refractivity (Wildman–Crippen MR) is 150 cm³/mol. The molecule has 0 saturated carbocycles. The van der Waals surface area contributed by atoms with Crippen molar-refractivity contribution < 1.29 is 49.4 Å². The van der Waals surface area contributed by atoms with E-state index in [0.717, 1.165) is 18.3 Å². The quantitative estimate of drug-likeness (QED) is 0.254. The van der Waals surface area contributed by atoms with Crippen molar-refractivity contribution in [3.8, 4) is 11.5 Å². The molecule has 0 spiro atoms. The van der Waals surface area contributed by atoms with Crippen LogP contribution in [0.5, 0.6) is 11.5 Å². The molecule has 3 aromatic carbocycles. The Labute approximate surface area is 244 Å². The molecule has 1 N–H and O–H groups in total. The van der Waals surface area contributed by atoms with Gasteiger partial charge in [0.1, 0.15) is 24.6 Å². The van der Waals surface area contributed by atoms with Gasteiger partial charge in [-0.1, -0.05) is 24.3 Å². The molecule has 0 aliphatic rings. The fourth-order valence-corrected chi connectivity index (χ4v) is 7.01. The Morgan fingerprint density at radius 1 is 0.791 bits per heavy atom. The zero-order valence-electron chi connectivity index (χ0n) is 22.5. The number of sulfonamides is 2. The fraction of sp³-hybridized carbons (Fsp3) is 0.185. The summed E-state index contributed by atoms with van der Waals surface area (Å²) in [6.45, 7) is -3.03. The molecule has 0 amide bonds. The van der Waals surface area contributed by atoms with E-state index in [9.17, 15) is 39.9 Å². The van der Waals surface area contributed by atoms with Crippen LogP contribution in [0, 0.1) is 0 Å². The molecular formula is C27H24F3N3O8S2. The lowest BCUT2D eigenvalue weighted by Gasteiger charge is -2.28. The summed E-state index contributed by atoms with van der Waals surface area (Å²) >= 11 is 0. The second-order valence-electron chi connectivity index (χ2n) is 8.90. The topological polar surface area (TPSA) is 143 Å². The van der Waals surface area contributed by atoms with E-state index in [-0.39, 0.29) is 25.7 Å². The lowest BCUT2D eigenvalue weighted by molar-refractivity contribution is -0.135. The smallest absolute Gasteiger partial charge is 0.407 e. The molecule has 0 aliphatic heterocycles. The third-order valence-corrected chi connectivity index (χ3v) is 9.68. The molecule has 1 heterocycles. The lowest BCUT2D eigenvalue weighted by Crippen LogP contribution is -2.39. The van der Waals surface area contributed by atoms with Crippen LogP contribution in [0.15, 0.2) is 88.8 Å². The van der Waals surface area contributed by atoms with Gasteiger partial charge in [-0.15, -0.1) is 0 Å². The largest absolute Gasteiger partial charge is 0.497 e. The van der Waals surface area contributed by atoms with Crippen LogP contribution in [0.25, 0.3) is 10.8 Å². The fourth-order valence-electron chi connectivity index (χ4n) is 4.17. The van der Waals surface area contributed by atoms with Crippen molar-refractivity contribution in [2.24, 2.45) is 0 Å². The van der Waals surface area contributed by atoms with Crippen LogP contribution in [0.2, 0.25) is 0 Å². The maximum absolute atomic E-state index is 13.8.